The van der Waals surface area contributed by atoms with Crippen LogP contribution in [0, 0.1) is 0 Å². The molecule has 0 saturated carbocycles. The van der Waals surface area contributed by atoms with Crippen LogP contribution in [-0.4, -0.2) is 38.9 Å². The summed E-state index contributed by atoms with van der Waals surface area (Å²) in [5, 5.41) is 1.74. The van der Waals surface area contributed by atoms with Gasteiger partial charge in [-0.05, 0) is 17.7 Å². The number of nitrogens with one attached hydrogen (secondary N) is 1. The molecule has 1 aromatic carbocycles. The van der Waals surface area contributed by atoms with E-state index in [1.165, 1.54) is 5.06 Å². The number of halogens is 2. The van der Waals surface area contributed by atoms with Gasteiger partial charge in [-0.15, -0.1) is 0 Å². The van der Waals surface area contributed by atoms with E-state index in [1.807, 2.05) is 0 Å². The molecular weight excluding hydrogens is 323 g/mol. The van der Waals surface area contributed by atoms with E-state index in [1.54, 1.807) is 32.2 Å². The molecule has 1 saturated heterocycles. The summed E-state index contributed by atoms with van der Waals surface area (Å²) in [6, 6.07) is 4.55. The highest BCUT2D eigenvalue weighted by atomic mass is 35.5. The van der Waals surface area contributed by atoms with E-state index < -0.39 is 21.3 Å². The smallest absolute Gasteiger partial charge is 0.218 e. The summed E-state index contributed by atoms with van der Waals surface area (Å²) in [5.41, 5.74) is 0.683. The molecule has 2 atom stereocenters. The van der Waals surface area contributed by atoms with Crippen LogP contribution >= 0.6 is 23.2 Å². The number of hydroxylamine groups is 2. The maximum Gasteiger partial charge on any atom is 0.218 e. The number of benzene rings is 1. The van der Waals surface area contributed by atoms with Crippen molar-refractivity contribution in [1.29, 1.82) is 0 Å². The minimum Gasteiger partial charge on any atom is -0.297 e. The second-order valence-corrected chi connectivity index (χ2v) is 7.36. The van der Waals surface area contributed by atoms with Gasteiger partial charge in [-0.2, -0.15) is 5.06 Å². The minimum atomic E-state index is -3.48. The van der Waals surface area contributed by atoms with Gasteiger partial charge in [-0.25, -0.2) is 13.1 Å². The first-order chi connectivity index (χ1) is 9.36. The first-order valence-corrected chi connectivity index (χ1v) is 8.46. The first-order valence-electron chi connectivity index (χ1n) is 6.16. The molecular formula is C12H16Cl2N2O3S. The van der Waals surface area contributed by atoms with E-state index >= 15 is 0 Å². The standard InChI is InChI=1S/C12H16Cl2N2O3S/c1-3-15-20(17,18)11-7-19-16(2)12(11)9-5-4-8(13)6-10(9)14/h4-6,11-12,15H,3,7H2,1-2H3. The average molecular weight is 339 g/mol. The largest absolute Gasteiger partial charge is 0.297 e. The highest BCUT2D eigenvalue weighted by molar-refractivity contribution is 7.90. The van der Waals surface area contributed by atoms with Crippen LogP contribution in [0.4, 0.5) is 0 Å². The first kappa shape index (κ1) is 16.0. The van der Waals surface area contributed by atoms with Crippen molar-refractivity contribution in [1.82, 2.24) is 9.79 Å². The zero-order valence-electron chi connectivity index (χ0n) is 11.1. The molecule has 20 heavy (non-hydrogen) atoms. The van der Waals surface area contributed by atoms with Crippen molar-refractivity contribution in [2.75, 3.05) is 20.2 Å². The predicted octanol–water partition coefficient (Wildman–Crippen LogP) is 2.22. The Balaban J connectivity index is 2.41. The second kappa shape index (κ2) is 6.17. The van der Waals surface area contributed by atoms with Crippen LogP contribution in [0.2, 0.25) is 10.0 Å². The fourth-order valence-electron chi connectivity index (χ4n) is 2.30. The fourth-order valence-corrected chi connectivity index (χ4v) is 4.34. The zero-order valence-corrected chi connectivity index (χ0v) is 13.5. The monoisotopic (exact) mass is 338 g/mol. The number of rotatable bonds is 4. The molecule has 0 aliphatic carbocycles. The molecule has 1 aromatic rings. The molecule has 1 fully saturated rings. The van der Waals surface area contributed by atoms with Gasteiger partial charge >= 0.3 is 0 Å². The van der Waals surface area contributed by atoms with Gasteiger partial charge < -0.3 is 0 Å². The maximum atomic E-state index is 12.3. The molecule has 1 aliphatic rings. The summed E-state index contributed by atoms with van der Waals surface area (Å²) in [6.45, 7) is 2.17. The highest BCUT2D eigenvalue weighted by Crippen LogP contribution is 2.37. The van der Waals surface area contributed by atoms with E-state index in [-0.39, 0.29) is 6.61 Å². The summed E-state index contributed by atoms with van der Waals surface area (Å²) < 4.78 is 27.0. The van der Waals surface area contributed by atoms with Gasteiger partial charge in [-0.3, -0.25) is 4.84 Å². The topological polar surface area (TPSA) is 58.6 Å². The van der Waals surface area contributed by atoms with Crippen LogP contribution in [0.3, 0.4) is 0 Å². The van der Waals surface area contributed by atoms with Gasteiger partial charge in [0.15, 0.2) is 0 Å². The molecule has 0 radical (unpaired) electrons. The minimum absolute atomic E-state index is 0.0927. The van der Waals surface area contributed by atoms with Gasteiger partial charge in [-0.1, -0.05) is 36.2 Å². The van der Waals surface area contributed by atoms with E-state index in [4.69, 9.17) is 28.0 Å². The lowest BCUT2D eigenvalue weighted by Gasteiger charge is -2.23. The average Bonchev–Trinajstić information content (AvgIpc) is 2.72. The Hall–Kier alpha value is -0.370. The summed E-state index contributed by atoms with van der Waals surface area (Å²) in [7, 11) is -1.78. The normalized spacial score (nSPS) is 24.2. The highest BCUT2D eigenvalue weighted by Gasteiger charge is 2.43. The summed E-state index contributed by atoms with van der Waals surface area (Å²) in [5.74, 6) is 0. The van der Waals surface area contributed by atoms with Gasteiger partial charge in [0.1, 0.15) is 5.25 Å². The van der Waals surface area contributed by atoms with Crippen molar-refractivity contribution in [2.45, 2.75) is 18.2 Å². The molecule has 1 aliphatic heterocycles. The van der Waals surface area contributed by atoms with Crippen molar-refractivity contribution in [3.63, 3.8) is 0 Å². The van der Waals surface area contributed by atoms with E-state index in [0.717, 1.165) is 0 Å². The van der Waals surface area contributed by atoms with Gasteiger partial charge in [0, 0.05) is 23.6 Å². The molecule has 2 rings (SSSR count). The van der Waals surface area contributed by atoms with Gasteiger partial charge in [0.05, 0.1) is 12.6 Å². The number of hydrogen-bond donors (Lipinski definition) is 1. The second-order valence-electron chi connectivity index (χ2n) is 4.53. The van der Waals surface area contributed by atoms with Gasteiger partial charge in [0.2, 0.25) is 10.0 Å². The van der Waals surface area contributed by atoms with Crippen molar-refractivity contribution >= 4 is 33.2 Å². The summed E-state index contributed by atoms with van der Waals surface area (Å²) in [6.07, 6.45) is 0. The molecule has 0 bridgehead atoms. The zero-order chi connectivity index (χ0) is 14.9. The maximum absolute atomic E-state index is 12.3. The van der Waals surface area contributed by atoms with Crippen LogP contribution in [0.1, 0.15) is 18.5 Å². The molecule has 1 heterocycles. The Morgan fingerprint density at radius 3 is 2.75 bits per heavy atom. The Morgan fingerprint density at radius 2 is 2.15 bits per heavy atom. The Kier molecular flexibility index (Phi) is 4.94. The van der Waals surface area contributed by atoms with Crippen molar-refractivity contribution in [3.05, 3.63) is 33.8 Å². The third kappa shape index (κ3) is 3.10. The van der Waals surface area contributed by atoms with Crippen molar-refractivity contribution < 1.29 is 13.3 Å². The van der Waals surface area contributed by atoms with Crippen molar-refractivity contribution in [2.24, 2.45) is 0 Å². The third-order valence-corrected chi connectivity index (χ3v) is 5.66. The fraction of sp³-hybridized carbons (Fsp3) is 0.500. The molecule has 112 valence electrons. The molecule has 8 heteroatoms. The SMILES string of the molecule is CCNS(=O)(=O)C1CON(C)C1c1ccc(Cl)cc1Cl. The Bertz CT molecular complexity index is 594. The molecule has 0 aromatic heterocycles. The predicted molar refractivity (Wildman–Crippen MR) is 79.3 cm³/mol. The number of nitrogens with zero attached hydrogens (tertiary/aromatic N) is 1. The van der Waals surface area contributed by atoms with Crippen LogP contribution in [0.15, 0.2) is 18.2 Å². The lowest BCUT2D eigenvalue weighted by atomic mass is 10.0. The molecule has 2 unspecified atom stereocenters. The summed E-state index contributed by atoms with van der Waals surface area (Å²) >= 11 is 12.1. The number of hydrogen-bond acceptors (Lipinski definition) is 4. The van der Waals surface area contributed by atoms with E-state index in [0.29, 0.717) is 22.2 Å². The van der Waals surface area contributed by atoms with E-state index in [2.05, 4.69) is 4.72 Å². The molecule has 0 spiro atoms. The lowest BCUT2D eigenvalue weighted by molar-refractivity contribution is -0.110. The third-order valence-electron chi connectivity index (χ3n) is 3.21. The Morgan fingerprint density at radius 1 is 1.45 bits per heavy atom. The quantitative estimate of drug-likeness (QED) is 0.914. The Labute approximate surface area is 128 Å². The molecule has 5 nitrogen and oxygen atoms in total. The summed E-state index contributed by atoms with van der Waals surface area (Å²) in [4.78, 5) is 5.37. The van der Waals surface area contributed by atoms with E-state index in [9.17, 15) is 8.42 Å². The number of sulfonamides is 1. The molecule has 0 amide bonds. The van der Waals surface area contributed by atoms with Crippen LogP contribution in [0.25, 0.3) is 0 Å². The van der Waals surface area contributed by atoms with Gasteiger partial charge in [0.25, 0.3) is 0 Å². The van der Waals surface area contributed by atoms with Crippen LogP contribution < -0.4 is 4.72 Å². The molecule has 1 N–H and O–H groups in total. The van der Waals surface area contributed by atoms with Crippen LogP contribution in [-0.2, 0) is 14.9 Å². The van der Waals surface area contributed by atoms with Crippen LogP contribution in [0.5, 0.6) is 0 Å². The lowest BCUT2D eigenvalue weighted by Crippen LogP contribution is -2.39. The van der Waals surface area contributed by atoms with Crippen molar-refractivity contribution in [3.8, 4) is 0 Å².